The van der Waals surface area contributed by atoms with Crippen molar-refractivity contribution in [1.29, 1.82) is 0 Å². The summed E-state index contributed by atoms with van der Waals surface area (Å²) in [5.74, 6) is -0.575. The molecular formula is C19H18FN3OS. The number of anilines is 1. The van der Waals surface area contributed by atoms with Gasteiger partial charge >= 0.3 is 0 Å². The van der Waals surface area contributed by atoms with E-state index in [1.807, 2.05) is 30.3 Å². The number of hydrogen-bond donors (Lipinski definition) is 2. The van der Waals surface area contributed by atoms with E-state index in [0.29, 0.717) is 22.8 Å². The number of rotatable bonds is 7. The summed E-state index contributed by atoms with van der Waals surface area (Å²) < 4.78 is 13.8. The maximum absolute atomic E-state index is 13.8. The molecule has 0 aliphatic heterocycles. The fraction of sp³-hybridized carbons (Fsp3) is 0.158. The minimum atomic E-state index is -0.337. The van der Waals surface area contributed by atoms with Gasteiger partial charge in [-0.15, -0.1) is 11.3 Å². The maximum Gasteiger partial charge on any atom is 0.270 e. The third-order valence-corrected chi connectivity index (χ3v) is 4.46. The summed E-state index contributed by atoms with van der Waals surface area (Å²) >= 11 is 1.26. The van der Waals surface area contributed by atoms with Crippen LogP contribution in [0.5, 0.6) is 0 Å². The van der Waals surface area contributed by atoms with Gasteiger partial charge < -0.3 is 10.6 Å². The second kappa shape index (κ2) is 8.39. The van der Waals surface area contributed by atoms with Crippen LogP contribution in [-0.4, -0.2) is 24.0 Å². The standard InChI is InChI=1S/C19H18FN3OS/c20-16-10-5-4-9-15(16)19-23-17(13-25-19)18(24)22-12-6-11-21-14-7-2-1-3-8-14/h1-5,7-10,13,21H,6,11-12H2,(H,22,24). The molecule has 0 unspecified atom stereocenters. The molecular weight excluding hydrogens is 337 g/mol. The molecule has 1 aromatic heterocycles. The first-order valence-corrected chi connectivity index (χ1v) is 8.89. The summed E-state index contributed by atoms with van der Waals surface area (Å²) in [5, 5.41) is 8.28. The monoisotopic (exact) mass is 355 g/mol. The summed E-state index contributed by atoms with van der Waals surface area (Å²) in [7, 11) is 0. The zero-order valence-electron chi connectivity index (χ0n) is 13.5. The molecule has 0 saturated heterocycles. The lowest BCUT2D eigenvalue weighted by molar-refractivity contribution is 0.0949. The molecule has 0 radical (unpaired) electrons. The van der Waals surface area contributed by atoms with Crippen molar-refractivity contribution in [1.82, 2.24) is 10.3 Å². The molecule has 0 spiro atoms. The van der Waals surface area contributed by atoms with E-state index in [0.717, 1.165) is 18.7 Å². The van der Waals surface area contributed by atoms with Crippen molar-refractivity contribution in [2.75, 3.05) is 18.4 Å². The first kappa shape index (κ1) is 17.1. The van der Waals surface area contributed by atoms with E-state index in [9.17, 15) is 9.18 Å². The lowest BCUT2D eigenvalue weighted by Gasteiger charge is -2.06. The third kappa shape index (κ3) is 4.64. The van der Waals surface area contributed by atoms with Crippen molar-refractivity contribution in [3.05, 3.63) is 71.5 Å². The number of nitrogens with one attached hydrogen (secondary N) is 2. The summed E-state index contributed by atoms with van der Waals surface area (Å²) in [4.78, 5) is 16.4. The molecule has 2 aromatic carbocycles. The largest absolute Gasteiger partial charge is 0.385 e. The number of para-hydroxylation sites is 1. The summed E-state index contributed by atoms with van der Waals surface area (Å²) in [6.07, 6.45) is 0.797. The van der Waals surface area contributed by atoms with Crippen LogP contribution in [0.3, 0.4) is 0 Å². The highest BCUT2D eigenvalue weighted by atomic mass is 32.1. The van der Waals surface area contributed by atoms with Crippen molar-refractivity contribution < 1.29 is 9.18 Å². The molecule has 3 rings (SSSR count). The Morgan fingerprint density at radius 1 is 1.04 bits per heavy atom. The van der Waals surface area contributed by atoms with Crippen LogP contribution in [0.15, 0.2) is 60.0 Å². The molecule has 0 aliphatic carbocycles. The number of benzene rings is 2. The number of carbonyl (C=O) groups excluding carboxylic acids is 1. The van der Waals surface area contributed by atoms with Crippen molar-refractivity contribution in [3.63, 3.8) is 0 Å². The number of halogens is 1. The van der Waals surface area contributed by atoms with Crippen LogP contribution < -0.4 is 10.6 Å². The molecule has 0 bridgehead atoms. The van der Waals surface area contributed by atoms with Gasteiger partial charge in [0.25, 0.3) is 5.91 Å². The van der Waals surface area contributed by atoms with E-state index in [2.05, 4.69) is 15.6 Å². The lowest BCUT2D eigenvalue weighted by atomic mass is 10.2. The number of nitrogens with zero attached hydrogens (tertiary/aromatic N) is 1. The molecule has 0 atom stereocenters. The van der Waals surface area contributed by atoms with Gasteiger partial charge in [-0.3, -0.25) is 4.79 Å². The van der Waals surface area contributed by atoms with Crippen LogP contribution in [0.4, 0.5) is 10.1 Å². The average molecular weight is 355 g/mol. The van der Waals surface area contributed by atoms with Gasteiger partial charge in [-0.1, -0.05) is 30.3 Å². The number of thiazole rings is 1. The van der Waals surface area contributed by atoms with E-state index in [-0.39, 0.29) is 11.7 Å². The van der Waals surface area contributed by atoms with Gasteiger partial charge in [0.05, 0.1) is 0 Å². The predicted octanol–water partition coefficient (Wildman–Crippen LogP) is 4.18. The van der Waals surface area contributed by atoms with Gasteiger partial charge in [0.1, 0.15) is 16.5 Å². The van der Waals surface area contributed by atoms with Gasteiger partial charge in [0, 0.05) is 29.7 Å². The Labute approximate surface area is 149 Å². The quantitative estimate of drug-likeness (QED) is 0.625. The van der Waals surface area contributed by atoms with E-state index in [4.69, 9.17) is 0 Å². The molecule has 0 saturated carbocycles. The van der Waals surface area contributed by atoms with Crippen molar-refractivity contribution in [3.8, 4) is 10.6 Å². The van der Waals surface area contributed by atoms with Crippen LogP contribution in [0.1, 0.15) is 16.9 Å². The molecule has 0 aliphatic rings. The average Bonchev–Trinajstić information content (AvgIpc) is 3.12. The van der Waals surface area contributed by atoms with Crippen molar-refractivity contribution >= 4 is 22.9 Å². The zero-order valence-corrected chi connectivity index (χ0v) is 14.4. The lowest BCUT2D eigenvalue weighted by Crippen LogP contribution is -2.26. The van der Waals surface area contributed by atoms with Crippen molar-refractivity contribution in [2.45, 2.75) is 6.42 Å². The Bertz CT molecular complexity index is 835. The topological polar surface area (TPSA) is 54.0 Å². The highest BCUT2D eigenvalue weighted by Gasteiger charge is 2.13. The summed E-state index contributed by atoms with van der Waals surface area (Å²) in [6, 6.07) is 16.3. The van der Waals surface area contributed by atoms with E-state index in [1.54, 1.807) is 23.6 Å². The highest BCUT2D eigenvalue weighted by Crippen LogP contribution is 2.25. The second-order valence-electron chi connectivity index (χ2n) is 5.42. The SMILES string of the molecule is O=C(NCCCNc1ccccc1)c1csc(-c2ccccc2F)n1. The fourth-order valence-corrected chi connectivity index (χ4v) is 3.13. The van der Waals surface area contributed by atoms with Crippen LogP contribution >= 0.6 is 11.3 Å². The fourth-order valence-electron chi connectivity index (χ4n) is 2.31. The number of carbonyl (C=O) groups is 1. The van der Waals surface area contributed by atoms with Gasteiger partial charge in [0.2, 0.25) is 0 Å². The third-order valence-electron chi connectivity index (χ3n) is 3.58. The minimum Gasteiger partial charge on any atom is -0.385 e. The Morgan fingerprint density at radius 2 is 1.80 bits per heavy atom. The Balaban J connectivity index is 1.47. The summed E-state index contributed by atoms with van der Waals surface area (Å²) in [6.45, 7) is 1.31. The van der Waals surface area contributed by atoms with Gasteiger partial charge in [-0.25, -0.2) is 9.37 Å². The molecule has 2 N–H and O–H groups in total. The minimum absolute atomic E-state index is 0.237. The molecule has 0 fully saturated rings. The maximum atomic E-state index is 13.8. The smallest absolute Gasteiger partial charge is 0.270 e. The normalized spacial score (nSPS) is 10.4. The Morgan fingerprint density at radius 3 is 2.60 bits per heavy atom. The first-order chi connectivity index (χ1) is 12.2. The van der Waals surface area contributed by atoms with Crippen LogP contribution in [-0.2, 0) is 0 Å². The predicted molar refractivity (Wildman–Crippen MR) is 99.4 cm³/mol. The second-order valence-corrected chi connectivity index (χ2v) is 6.28. The van der Waals surface area contributed by atoms with Crippen LogP contribution in [0.25, 0.3) is 10.6 Å². The highest BCUT2D eigenvalue weighted by molar-refractivity contribution is 7.13. The van der Waals surface area contributed by atoms with Gasteiger partial charge in [-0.2, -0.15) is 0 Å². The molecule has 3 aromatic rings. The number of hydrogen-bond acceptors (Lipinski definition) is 4. The first-order valence-electron chi connectivity index (χ1n) is 8.01. The van der Waals surface area contributed by atoms with Crippen LogP contribution in [0, 0.1) is 5.82 Å². The van der Waals surface area contributed by atoms with Gasteiger partial charge in [-0.05, 0) is 30.7 Å². The molecule has 128 valence electrons. The zero-order chi connectivity index (χ0) is 17.5. The Hall–Kier alpha value is -2.73. The number of aromatic nitrogens is 1. The van der Waals surface area contributed by atoms with E-state index in [1.165, 1.54) is 17.4 Å². The van der Waals surface area contributed by atoms with E-state index < -0.39 is 0 Å². The van der Waals surface area contributed by atoms with E-state index >= 15 is 0 Å². The number of amides is 1. The van der Waals surface area contributed by atoms with Crippen LogP contribution in [0.2, 0.25) is 0 Å². The molecule has 4 nitrogen and oxygen atoms in total. The summed E-state index contributed by atoms with van der Waals surface area (Å²) in [5.41, 5.74) is 1.79. The molecule has 6 heteroatoms. The Kier molecular flexibility index (Phi) is 5.74. The molecule has 25 heavy (non-hydrogen) atoms. The molecule has 1 heterocycles. The van der Waals surface area contributed by atoms with Crippen molar-refractivity contribution in [2.24, 2.45) is 0 Å². The molecule has 1 amide bonds. The van der Waals surface area contributed by atoms with Gasteiger partial charge in [0.15, 0.2) is 0 Å².